The zero-order valence-electron chi connectivity index (χ0n) is 5.30. The minimum absolute atomic E-state index is 0.497. The van der Waals surface area contributed by atoms with Crippen molar-refractivity contribution in [2.45, 2.75) is 11.2 Å². The topological polar surface area (TPSA) is 9.23 Å². The van der Waals surface area contributed by atoms with Gasteiger partial charge >= 0.3 is 0 Å². The standard InChI is InChI=1S/C7H9BrO/c1-9-7-4-2-6(8)3-5-7/h2,4-6H,3H2,1H3. The largest absolute Gasteiger partial charge is 0.497 e. The number of ether oxygens (including phenoxy) is 1. The van der Waals surface area contributed by atoms with Crippen LogP contribution in [0, 0.1) is 0 Å². The van der Waals surface area contributed by atoms with Gasteiger partial charge in [0.15, 0.2) is 0 Å². The van der Waals surface area contributed by atoms with E-state index in [4.69, 9.17) is 4.74 Å². The predicted molar refractivity (Wildman–Crippen MR) is 41.6 cm³/mol. The third-order valence-electron chi connectivity index (χ3n) is 1.25. The first-order valence-electron chi connectivity index (χ1n) is 2.89. The molecule has 0 aliphatic heterocycles. The van der Waals surface area contributed by atoms with E-state index in [9.17, 15) is 0 Å². The van der Waals surface area contributed by atoms with Gasteiger partial charge in [-0.2, -0.15) is 0 Å². The molecular formula is C7H9BrO. The quantitative estimate of drug-likeness (QED) is 0.574. The Morgan fingerprint density at radius 3 is 3.00 bits per heavy atom. The van der Waals surface area contributed by atoms with Gasteiger partial charge in [-0.25, -0.2) is 0 Å². The van der Waals surface area contributed by atoms with E-state index >= 15 is 0 Å². The molecule has 0 heterocycles. The molecular weight excluding hydrogens is 180 g/mol. The Morgan fingerprint density at radius 2 is 2.56 bits per heavy atom. The second kappa shape index (κ2) is 3.06. The van der Waals surface area contributed by atoms with Crippen LogP contribution in [-0.4, -0.2) is 11.9 Å². The van der Waals surface area contributed by atoms with Crippen LogP contribution in [0.2, 0.25) is 0 Å². The van der Waals surface area contributed by atoms with E-state index in [0.29, 0.717) is 4.83 Å². The monoisotopic (exact) mass is 188 g/mol. The van der Waals surface area contributed by atoms with E-state index < -0.39 is 0 Å². The molecule has 0 aromatic rings. The highest BCUT2D eigenvalue weighted by molar-refractivity contribution is 9.09. The summed E-state index contributed by atoms with van der Waals surface area (Å²) in [6, 6.07) is 0. The summed E-state index contributed by atoms with van der Waals surface area (Å²) in [6.07, 6.45) is 7.15. The summed E-state index contributed by atoms with van der Waals surface area (Å²) in [6.45, 7) is 0. The number of halogens is 1. The van der Waals surface area contributed by atoms with Crippen molar-refractivity contribution in [3.8, 4) is 0 Å². The molecule has 1 aliphatic carbocycles. The molecule has 0 bridgehead atoms. The molecule has 9 heavy (non-hydrogen) atoms. The number of alkyl halides is 1. The van der Waals surface area contributed by atoms with Gasteiger partial charge in [0.1, 0.15) is 5.76 Å². The molecule has 1 rings (SSSR count). The first kappa shape index (κ1) is 6.87. The highest BCUT2D eigenvalue weighted by Gasteiger charge is 2.02. The molecule has 2 heteroatoms. The highest BCUT2D eigenvalue weighted by Crippen LogP contribution is 2.16. The molecule has 1 aliphatic rings. The fraction of sp³-hybridized carbons (Fsp3) is 0.429. The lowest BCUT2D eigenvalue weighted by molar-refractivity contribution is 0.304. The molecule has 0 radical (unpaired) electrons. The van der Waals surface area contributed by atoms with Crippen LogP contribution < -0.4 is 0 Å². The number of rotatable bonds is 1. The molecule has 0 aromatic carbocycles. The number of allylic oxidation sites excluding steroid dienone is 3. The Hall–Kier alpha value is -0.240. The van der Waals surface area contributed by atoms with Gasteiger partial charge in [0.25, 0.3) is 0 Å². The normalized spacial score (nSPS) is 25.6. The summed E-state index contributed by atoms with van der Waals surface area (Å²) in [5.74, 6) is 0.964. The Balaban J connectivity index is 2.52. The van der Waals surface area contributed by atoms with Crippen molar-refractivity contribution >= 4 is 15.9 Å². The summed E-state index contributed by atoms with van der Waals surface area (Å²) in [5, 5.41) is 0. The molecule has 0 fully saturated rings. The Morgan fingerprint density at radius 1 is 1.78 bits per heavy atom. The lowest BCUT2D eigenvalue weighted by Gasteiger charge is -2.08. The summed E-state index contributed by atoms with van der Waals surface area (Å²) < 4.78 is 4.99. The van der Waals surface area contributed by atoms with Crippen molar-refractivity contribution in [2.24, 2.45) is 0 Å². The van der Waals surface area contributed by atoms with Gasteiger partial charge in [-0.1, -0.05) is 22.0 Å². The van der Waals surface area contributed by atoms with E-state index in [1.54, 1.807) is 7.11 Å². The predicted octanol–water partition coefficient (Wildman–Crippen LogP) is 2.24. The molecule has 1 nitrogen and oxygen atoms in total. The Bertz CT molecular complexity index is 149. The maximum Gasteiger partial charge on any atom is 0.114 e. The minimum atomic E-state index is 0.497. The van der Waals surface area contributed by atoms with Crippen LogP contribution in [0.15, 0.2) is 24.0 Å². The molecule has 0 amide bonds. The molecule has 1 unspecified atom stereocenters. The van der Waals surface area contributed by atoms with Gasteiger partial charge in [0.2, 0.25) is 0 Å². The van der Waals surface area contributed by atoms with E-state index in [1.165, 1.54) is 0 Å². The van der Waals surface area contributed by atoms with Gasteiger partial charge in [-0.05, 0) is 18.6 Å². The zero-order valence-corrected chi connectivity index (χ0v) is 6.89. The van der Waals surface area contributed by atoms with Crippen LogP contribution in [0.1, 0.15) is 6.42 Å². The number of hydrogen-bond acceptors (Lipinski definition) is 1. The van der Waals surface area contributed by atoms with E-state index in [-0.39, 0.29) is 0 Å². The molecule has 0 aromatic heterocycles. The Kier molecular flexibility index (Phi) is 2.34. The molecule has 0 N–H and O–H groups in total. The molecule has 1 atom stereocenters. The van der Waals surface area contributed by atoms with Gasteiger partial charge in [-0.3, -0.25) is 0 Å². The zero-order chi connectivity index (χ0) is 6.69. The van der Waals surface area contributed by atoms with Gasteiger partial charge in [-0.15, -0.1) is 0 Å². The second-order valence-corrected chi connectivity index (χ2v) is 3.10. The van der Waals surface area contributed by atoms with Crippen LogP contribution in [0.25, 0.3) is 0 Å². The fourth-order valence-corrected chi connectivity index (χ4v) is 1.07. The van der Waals surface area contributed by atoms with Crippen LogP contribution in [0.4, 0.5) is 0 Å². The van der Waals surface area contributed by atoms with Crippen molar-refractivity contribution in [3.63, 3.8) is 0 Å². The van der Waals surface area contributed by atoms with Crippen LogP contribution in [0.5, 0.6) is 0 Å². The van der Waals surface area contributed by atoms with Crippen LogP contribution in [-0.2, 0) is 4.74 Å². The fourth-order valence-electron chi connectivity index (χ4n) is 0.726. The van der Waals surface area contributed by atoms with Gasteiger partial charge in [0.05, 0.1) is 7.11 Å². The van der Waals surface area contributed by atoms with Crippen molar-refractivity contribution < 1.29 is 4.74 Å². The molecule has 0 saturated heterocycles. The molecule has 0 saturated carbocycles. The molecule has 50 valence electrons. The summed E-state index contributed by atoms with van der Waals surface area (Å²) >= 11 is 3.46. The smallest absolute Gasteiger partial charge is 0.114 e. The van der Waals surface area contributed by atoms with E-state index in [1.807, 2.05) is 6.08 Å². The summed E-state index contributed by atoms with van der Waals surface area (Å²) in [7, 11) is 1.69. The van der Waals surface area contributed by atoms with E-state index in [0.717, 1.165) is 12.2 Å². The summed E-state index contributed by atoms with van der Waals surface area (Å²) in [4.78, 5) is 0.497. The highest BCUT2D eigenvalue weighted by atomic mass is 79.9. The Labute approximate surface area is 63.5 Å². The molecule has 0 spiro atoms. The van der Waals surface area contributed by atoms with E-state index in [2.05, 4.69) is 28.1 Å². The number of methoxy groups -OCH3 is 1. The van der Waals surface area contributed by atoms with Crippen molar-refractivity contribution in [3.05, 3.63) is 24.0 Å². The maximum absolute atomic E-state index is 4.99. The third-order valence-corrected chi connectivity index (χ3v) is 1.93. The first-order chi connectivity index (χ1) is 4.33. The average molecular weight is 189 g/mol. The van der Waals surface area contributed by atoms with Crippen molar-refractivity contribution in [1.82, 2.24) is 0 Å². The minimum Gasteiger partial charge on any atom is -0.497 e. The van der Waals surface area contributed by atoms with Gasteiger partial charge < -0.3 is 4.74 Å². The maximum atomic E-state index is 4.99. The third kappa shape index (κ3) is 1.86. The van der Waals surface area contributed by atoms with Crippen molar-refractivity contribution in [2.75, 3.05) is 7.11 Å². The summed E-state index contributed by atoms with van der Waals surface area (Å²) in [5.41, 5.74) is 0. The van der Waals surface area contributed by atoms with Crippen LogP contribution in [0.3, 0.4) is 0 Å². The average Bonchev–Trinajstić information content (AvgIpc) is 1.90. The second-order valence-electron chi connectivity index (χ2n) is 1.92. The first-order valence-corrected chi connectivity index (χ1v) is 3.81. The van der Waals surface area contributed by atoms with Crippen LogP contribution >= 0.6 is 15.9 Å². The lowest BCUT2D eigenvalue weighted by atomic mass is 10.2. The van der Waals surface area contributed by atoms with Crippen molar-refractivity contribution in [1.29, 1.82) is 0 Å². The number of hydrogen-bond donors (Lipinski definition) is 0. The lowest BCUT2D eigenvalue weighted by Crippen LogP contribution is -1.97. The van der Waals surface area contributed by atoms with Gasteiger partial charge in [0, 0.05) is 4.83 Å². The SMILES string of the molecule is COC1=CCC(Br)C=C1.